The summed E-state index contributed by atoms with van der Waals surface area (Å²) in [5.41, 5.74) is 7.04. The Morgan fingerprint density at radius 2 is 1.95 bits per heavy atom. The van der Waals surface area contributed by atoms with Gasteiger partial charge in [0, 0.05) is 12.6 Å². The van der Waals surface area contributed by atoms with Gasteiger partial charge in [-0.2, -0.15) is 0 Å². The SMILES string of the molecule is CC(C)N(CC1CC1)C(=O)[C@H](N)Cc1ccc(O)cc1. The first-order valence-electron chi connectivity index (χ1n) is 7.31. The number of carbonyl (C=O) groups is 1. The third-order valence-electron chi connectivity index (χ3n) is 3.77. The fourth-order valence-corrected chi connectivity index (χ4v) is 2.32. The Labute approximate surface area is 120 Å². The van der Waals surface area contributed by atoms with E-state index in [9.17, 15) is 9.90 Å². The predicted octanol–water partition coefficient (Wildman–Crippen LogP) is 1.91. The fourth-order valence-electron chi connectivity index (χ4n) is 2.32. The molecule has 1 amide bonds. The van der Waals surface area contributed by atoms with E-state index in [0.717, 1.165) is 12.1 Å². The van der Waals surface area contributed by atoms with Crippen molar-refractivity contribution in [2.24, 2.45) is 11.7 Å². The average molecular weight is 276 g/mol. The largest absolute Gasteiger partial charge is 0.508 e. The van der Waals surface area contributed by atoms with Crippen LogP contribution in [0.15, 0.2) is 24.3 Å². The first kappa shape index (κ1) is 14.9. The maximum absolute atomic E-state index is 12.5. The Morgan fingerprint density at radius 3 is 2.45 bits per heavy atom. The number of hydrogen-bond donors (Lipinski definition) is 2. The summed E-state index contributed by atoms with van der Waals surface area (Å²) in [5.74, 6) is 0.924. The van der Waals surface area contributed by atoms with Gasteiger partial charge >= 0.3 is 0 Å². The van der Waals surface area contributed by atoms with E-state index < -0.39 is 6.04 Å². The van der Waals surface area contributed by atoms with E-state index >= 15 is 0 Å². The van der Waals surface area contributed by atoms with E-state index in [1.807, 2.05) is 30.9 Å². The summed E-state index contributed by atoms with van der Waals surface area (Å²) in [6.45, 7) is 4.90. The molecule has 1 fully saturated rings. The Bertz CT molecular complexity index is 452. The zero-order valence-corrected chi connectivity index (χ0v) is 12.2. The van der Waals surface area contributed by atoms with Crippen LogP contribution in [0.4, 0.5) is 0 Å². The maximum atomic E-state index is 12.5. The molecule has 0 saturated heterocycles. The molecule has 4 nitrogen and oxygen atoms in total. The second kappa shape index (κ2) is 6.27. The summed E-state index contributed by atoms with van der Waals surface area (Å²) in [7, 11) is 0. The van der Waals surface area contributed by atoms with Crippen molar-refractivity contribution in [1.29, 1.82) is 0 Å². The zero-order chi connectivity index (χ0) is 14.7. The van der Waals surface area contributed by atoms with Crippen molar-refractivity contribution >= 4 is 5.91 Å². The van der Waals surface area contributed by atoms with Crippen molar-refractivity contribution in [3.8, 4) is 5.75 Å². The van der Waals surface area contributed by atoms with E-state index in [0.29, 0.717) is 12.3 Å². The number of nitrogens with two attached hydrogens (primary N) is 1. The minimum atomic E-state index is -0.513. The van der Waals surface area contributed by atoms with E-state index in [-0.39, 0.29) is 17.7 Å². The van der Waals surface area contributed by atoms with E-state index in [4.69, 9.17) is 5.73 Å². The number of hydrogen-bond acceptors (Lipinski definition) is 3. The van der Waals surface area contributed by atoms with Crippen molar-refractivity contribution in [1.82, 2.24) is 4.90 Å². The van der Waals surface area contributed by atoms with E-state index in [1.165, 1.54) is 12.8 Å². The summed E-state index contributed by atoms with van der Waals surface area (Å²) >= 11 is 0. The van der Waals surface area contributed by atoms with Crippen LogP contribution in [0.3, 0.4) is 0 Å². The van der Waals surface area contributed by atoms with Gasteiger partial charge in [0.15, 0.2) is 0 Å². The lowest BCUT2D eigenvalue weighted by Gasteiger charge is -2.29. The summed E-state index contributed by atoms with van der Waals surface area (Å²) in [4.78, 5) is 14.4. The number of phenolic OH excluding ortho intramolecular Hbond substituents is 1. The Morgan fingerprint density at radius 1 is 1.35 bits per heavy atom. The van der Waals surface area contributed by atoms with Crippen molar-refractivity contribution in [2.45, 2.75) is 45.2 Å². The van der Waals surface area contributed by atoms with Gasteiger partial charge in [0.1, 0.15) is 5.75 Å². The van der Waals surface area contributed by atoms with Gasteiger partial charge in [-0.3, -0.25) is 4.79 Å². The molecule has 1 saturated carbocycles. The average Bonchev–Trinajstić information content (AvgIpc) is 3.21. The van der Waals surface area contributed by atoms with Crippen LogP contribution >= 0.6 is 0 Å². The zero-order valence-electron chi connectivity index (χ0n) is 12.2. The van der Waals surface area contributed by atoms with Crippen LogP contribution in [0.5, 0.6) is 5.75 Å². The van der Waals surface area contributed by atoms with Gasteiger partial charge in [0.05, 0.1) is 6.04 Å². The van der Waals surface area contributed by atoms with Crippen LogP contribution in [0.2, 0.25) is 0 Å². The summed E-state index contributed by atoms with van der Waals surface area (Å²) in [5, 5.41) is 9.26. The topological polar surface area (TPSA) is 66.6 Å². The molecule has 0 bridgehead atoms. The molecular formula is C16H24N2O2. The van der Waals surface area contributed by atoms with Crippen LogP contribution in [0.25, 0.3) is 0 Å². The molecule has 0 heterocycles. The van der Waals surface area contributed by atoms with Gasteiger partial charge in [0.2, 0.25) is 5.91 Å². The number of benzene rings is 1. The minimum Gasteiger partial charge on any atom is -0.508 e. The van der Waals surface area contributed by atoms with Gasteiger partial charge in [-0.15, -0.1) is 0 Å². The summed E-state index contributed by atoms with van der Waals surface area (Å²) in [6, 6.07) is 6.54. The Balaban J connectivity index is 1.96. The third kappa shape index (κ3) is 3.97. The van der Waals surface area contributed by atoms with Crippen molar-refractivity contribution in [3.05, 3.63) is 29.8 Å². The molecule has 1 aliphatic carbocycles. The van der Waals surface area contributed by atoms with Crippen LogP contribution in [0.1, 0.15) is 32.3 Å². The molecule has 1 aliphatic rings. The maximum Gasteiger partial charge on any atom is 0.240 e. The van der Waals surface area contributed by atoms with Gasteiger partial charge in [-0.05, 0) is 56.7 Å². The lowest BCUT2D eigenvalue weighted by molar-refractivity contribution is -0.134. The molecule has 1 atom stereocenters. The third-order valence-corrected chi connectivity index (χ3v) is 3.77. The molecule has 4 heteroatoms. The van der Waals surface area contributed by atoms with Crippen LogP contribution in [-0.4, -0.2) is 34.5 Å². The highest BCUT2D eigenvalue weighted by Gasteiger charge is 2.30. The number of aromatic hydroxyl groups is 1. The molecule has 3 N–H and O–H groups in total. The lowest BCUT2D eigenvalue weighted by atomic mass is 10.0. The van der Waals surface area contributed by atoms with Gasteiger partial charge in [-0.25, -0.2) is 0 Å². The highest BCUT2D eigenvalue weighted by Crippen LogP contribution is 2.30. The second-order valence-corrected chi connectivity index (χ2v) is 6.00. The predicted molar refractivity (Wildman–Crippen MR) is 79.4 cm³/mol. The second-order valence-electron chi connectivity index (χ2n) is 6.00. The van der Waals surface area contributed by atoms with Gasteiger partial charge in [0.25, 0.3) is 0 Å². The quantitative estimate of drug-likeness (QED) is 0.834. The highest BCUT2D eigenvalue weighted by atomic mass is 16.3. The number of rotatable bonds is 6. The van der Waals surface area contributed by atoms with E-state index in [1.54, 1.807) is 12.1 Å². The number of nitrogens with zero attached hydrogens (tertiary/aromatic N) is 1. The van der Waals surface area contributed by atoms with Crippen LogP contribution < -0.4 is 5.73 Å². The standard InChI is InChI=1S/C16H24N2O2/c1-11(2)18(10-13-3-4-13)16(20)15(17)9-12-5-7-14(19)8-6-12/h5-8,11,13,15,19H,3-4,9-10,17H2,1-2H3/t15-/m1/s1. The van der Waals surface area contributed by atoms with E-state index in [2.05, 4.69) is 0 Å². The summed E-state index contributed by atoms with van der Waals surface area (Å²) in [6.07, 6.45) is 2.96. The number of phenols is 1. The molecule has 1 aromatic carbocycles. The monoisotopic (exact) mass is 276 g/mol. The number of carbonyl (C=O) groups excluding carboxylic acids is 1. The first-order valence-corrected chi connectivity index (χ1v) is 7.31. The lowest BCUT2D eigenvalue weighted by Crippen LogP contribution is -2.48. The normalized spacial score (nSPS) is 16.2. The van der Waals surface area contributed by atoms with Crippen molar-refractivity contribution in [3.63, 3.8) is 0 Å². The fraction of sp³-hybridized carbons (Fsp3) is 0.562. The summed E-state index contributed by atoms with van der Waals surface area (Å²) < 4.78 is 0. The number of amides is 1. The minimum absolute atomic E-state index is 0.0278. The molecule has 0 spiro atoms. The Kier molecular flexibility index (Phi) is 4.65. The molecule has 2 rings (SSSR count). The van der Waals surface area contributed by atoms with Crippen molar-refractivity contribution < 1.29 is 9.90 Å². The molecule has 20 heavy (non-hydrogen) atoms. The van der Waals surface area contributed by atoms with Crippen LogP contribution in [-0.2, 0) is 11.2 Å². The van der Waals surface area contributed by atoms with Gasteiger partial charge < -0.3 is 15.7 Å². The molecular weight excluding hydrogens is 252 g/mol. The Hall–Kier alpha value is -1.55. The molecule has 1 aromatic rings. The molecule has 0 radical (unpaired) electrons. The molecule has 110 valence electrons. The van der Waals surface area contributed by atoms with Gasteiger partial charge in [-0.1, -0.05) is 12.1 Å². The first-order chi connectivity index (χ1) is 9.47. The smallest absolute Gasteiger partial charge is 0.240 e. The molecule has 0 aromatic heterocycles. The van der Waals surface area contributed by atoms with Crippen molar-refractivity contribution in [2.75, 3.05) is 6.54 Å². The molecule has 0 aliphatic heterocycles. The van der Waals surface area contributed by atoms with Crippen LogP contribution in [0, 0.1) is 5.92 Å². The highest BCUT2D eigenvalue weighted by molar-refractivity contribution is 5.82. The molecule has 0 unspecified atom stereocenters.